The summed E-state index contributed by atoms with van der Waals surface area (Å²) in [5.74, 6) is -1.43. The molecule has 0 bridgehead atoms. The van der Waals surface area contributed by atoms with Crippen molar-refractivity contribution in [2.24, 2.45) is 19.8 Å². The molecular formula is C28H32Cl2N12O4S. The molecule has 0 fully saturated rings. The number of amides is 4. The number of carbonyl (C=O) groups is 4. The molecule has 248 valence electrons. The number of halogens is 2. The van der Waals surface area contributed by atoms with Crippen molar-refractivity contribution >= 4 is 80.8 Å². The number of rotatable bonds is 15. The molecule has 0 unspecified atom stereocenters. The van der Waals surface area contributed by atoms with Gasteiger partial charge in [0.1, 0.15) is 17.1 Å². The zero-order valence-corrected chi connectivity index (χ0v) is 27.7. The summed E-state index contributed by atoms with van der Waals surface area (Å²) < 4.78 is 2.57. The lowest BCUT2D eigenvalue weighted by molar-refractivity contribution is 0.0900. The Hall–Kier alpha value is -4.84. The number of benzene rings is 1. The topological polar surface area (TPSA) is 209 Å². The molecule has 4 amide bonds. The van der Waals surface area contributed by atoms with Gasteiger partial charge in [-0.25, -0.2) is 15.0 Å². The second-order valence-corrected chi connectivity index (χ2v) is 11.4. The maximum Gasteiger partial charge on any atom is 0.276 e. The van der Waals surface area contributed by atoms with E-state index in [1.807, 2.05) is 0 Å². The van der Waals surface area contributed by atoms with Gasteiger partial charge < -0.3 is 21.7 Å². The van der Waals surface area contributed by atoms with Gasteiger partial charge in [0.25, 0.3) is 23.6 Å². The first-order valence-electron chi connectivity index (χ1n) is 14.1. The number of carbonyl (C=O) groups excluding carboxylic acids is 4. The summed E-state index contributed by atoms with van der Waals surface area (Å²) in [6, 6.07) is 11.4. The molecule has 0 saturated heterocycles. The Kier molecular flexibility index (Phi) is 12.0. The molecule has 4 rings (SSSR count). The van der Waals surface area contributed by atoms with Crippen LogP contribution in [0.5, 0.6) is 0 Å². The maximum absolute atomic E-state index is 13.5. The number of amidine groups is 1. The number of hydrazine groups is 1. The normalized spacial score (nSPS) is 10.9. The van der Waals surface area contributed by atoms with E-state index >= 15 is 0 Å². The van der Waals surface area contributed by atoms with Crippen molar-refractivity contribution < 1.29 is 19.2 Å². The summed E-state index contributed by atoms with van der Waals surface area (Å²) in [5, 5.41) is 28.2. The molecule has 16 nitrogen and oxygen atoms in total. The number of anilines is 3. The van der Waals surface area contributed by atoms with Crippen molar-refractivity contribution in [3.05, 3.63) is 70.5 Å². The summed E-state index contributed by atoms with van der Waals surface area (Å²) >= 11 is 13.1. The molecule has 0 atom stereocenters. The van der Waals surface area contributed by atoms with E-state index in [1.54, 1.807) is 42.4 Å². The van der Waals surface area contributed by atoms with Crippen LogP contribution in [0.1, 0.15) is 48.2 Å². The summed E-state index contributed by atoms with van der Waals surface area (Å²) in [6.45, 7) is 0.791. The minimum atomic E-state index is -0.615. The third kappa shape index (κ3) is 8.91. The fourth-order valence-corrected chi connectivity index (χ4v) is 5.47. The Labute approximate surface area is 283 Å². The second-order valence-electron chi connectivity index (χ2n) is 9.85. The fourth-order valence-electron chi connectivity index (χ4n) is 4.26. The molecule has 6 N–H and O–H groups in total. The largest absolute Gasteiger partial charge is 0.388 e. The summed E-state index contributed by atoms with van der Waals surface area (Å²) in [6.07, 6.45) is 0.199. The van der Waals surface area contributed by atoms with Crippen LogP contribution in [0, 0.1) is 5.41 Å². The molecule has 0 spiro atoms. The highest BCUT2D eigenvalue weighted by Crippen LogP contribution is 2.25. The van der Waals surface area contributed by atoms with Crippen molar-refractivity contribution in [2.45, 2.75) is 6.42 Å². The van der Waals surface area contributed by atoms with Crippen molar-refractivity contribution in [3.8, 4) is 0 Å². The first-order valence-corrected chi connectivity index (χ1v) is 16.0. The maximum atomic E-state index is 13.5. The van der Waals surface area contributed by atoms with Crippen molar-refractivity contribution in [1.82, 2.24) is 34.9 Å². The van der Waals surface area contributed by atoms with Crippen LogP contribution < -0.4 is 26.7 Å². The molecule has 0 saturated carbocycles. The summed E-state index contributed by atoms with van der Waals surface area (Å²) in [5.41, 5.74) is 6.02. The van der Waals surface area contributed by atoms with Gasteiger partial charge in [0, 0.05) is 75.0 Å². The van der Waals surface area contributed by atoms with Gasteiger partial charge in [0.2, 0.25) is 5.13 Å². The molecule has 19 heteroatoms. The van der Waals surface area contributed by atoms with Crippen molar-refractivity contribution in [1.29, 1.82) is 5.41 Å². The third-order valence-corrected chi connectivity index (χ3v) is 7.63. The van der Waals surface area contributed by atoms with Gasteiger partial charge in [0.15, 0.2) is 11.6 Å². The zero-order valence-electron chi connectivity index (χ0n) is 25.4. The van der Waals surface area contributed by atoms with Gasteiger partial charge in [-0.2, -0.15) is 10.2 Å². The van der Waals surface area contributed by atoms with Gasteiger partial charge in [-0.1, -0.05) is 18.2 Å². The number of aromatic nitrogens is 5. The molecule has 4 aromatic rings. The lowest BCUT2D eigenvalue weighted by Crippen LogP contribution is -2.48. The van der Waals surface area contributed by atoms with Gasteiger partial charge >= 0.3 is 0 Å². The van der Waals surface area contributed by atoms with Crippen LogP contribution in [-0.2, 0) is 14.1 Å². The Morgan fingerprint density at radius 3 is 2.06 bits per heavy atom. The van der Waals surface area contributed by atoms with Gasteiger partial charge in [-0.3, -0.25) is 34.0 Å². The molecule has 0 aliphatic rings. The standard InChI is InChI=1S/C28H32Cl2N12O4S/c1-39-19(25(44)33-11-8-21(31)32)14-23(38-39)36-26(45)20-15-22(37-40(20)2)35-24(43)18-16-47-28(34-18)42(41(12-9-29)13-10-30)27(46)17-6-4-3-5-7-17/h3-7,14-16H,8-13H2,1-2H3,(H3,31,32)(H,33,44)(H,35,37,43)(H,36,38,45). The van der Waals surface area contributed by atoms with E-state index in [1.165, 1.54) is 38.9 Å². The van der Waals surface area contributed by atoms with Gasteiger partial charge in [0.05, 0.1) is 5.84 Å². The van der Waals surface area contributed by atoms with E-state index in [9.17, 15) is 19.2 Å². The molecule has 47 heavy (non-hydrogen) atoms. The van der Waals surface area contributed by atoms with E-state index < -0.39 is 17.7 Å². The van der Waals surface area contributed by atoms with E-state index in [2.05, 4.69) is 31.1 Å². The molecule has 3 heterocycles. The zero-order chi connectivity index (χ0) is 34.1. The SMILES string of the molecule is Cn1nc(NC(=O)c2cc(NC(=O)c3csc(N(C(=O)c4ccccc4)N(CCCl)CCCl)n3)nn2C)cc1C(=O)NCCC(=N)N. The highest BCUT2D eigenvalue weighted by molar-refractivity contribution is 7.14. The number of aryl methyl sites for hydroxylation is 2. The number of nitrogens with one attached hydrogen (secondary N) is 4. The average Bonchev–Trinajstić information content (AvgIpc) is 3.76. The van der Waals surface area contributed by atoms with E-state index in [4.69, 9.17) is 34.3 Å². The van der Waals surface area contributed by atoms with Crippen LogP contribution in [0.3, 0.4) is 0 Å². The number of nitrogens with zero attached hydrogens (tertiary/aromatic N) is 7. The first kappa shape index (κ1) is 35.0. The lowest BCUT2D eigenvalue weighted by atomic mass is 10.2. The van der Waals surface area contributed by atoms with Crippen LogP contribution >= 0.6 is 34.5 Å². The minimum absolute atomic E-state index is 0.0202. The van der Waals surface area contributed by atoms with Crippen LogP contribution in [-0.4, -0.2) is 90.4 Å². The monoisotopic (exact) mass is 702 g/mol. The Bertz CT molecular complexity index is 1750. The second kappa shape index (κ2) is 16.1. The molecule has 0 radical (unpaired) electrons. The smallest absolute Gasteiger partial charge is 0.276 e. The van der Waals surface area contributed by atoms with Crippen molar-refractivity contribution in [3.63, 3.8) is 0 Å². The predicted octanol–water partition coefficient (Wildman–Crippen LogP) is 2.51. The highest BCUT2D eigenvalue weighted by Gasteiger charge is 2.28. The van der Waals surface area contributed by atoms with Gasteiger partial charge in [-0.15, -0.1) is 34.5 Å². The Morgan fingerprint density at radius 2 is 1.49 bits per heavy atom. The lowest BCUT2D eigenvalue weighted by Gasteiger charge is -2.32. The van der Waals surface area contributed by atoms with Crippen LogP contribution in [0.25, 0.3) is 0 Å². The Balaban J connectivity index is 1.46. The van der Waals surface area contributed by atoms with E-state index in [-0.39, 0.29) is 70.3 Å². The molecule has 0 aliphatic carbocycles. The molecular weight excluding hydrogens is 671 g/mol. The predicted molar refractivity (Wildman–Crippen MR) is 180 cm³/mol. The number of alkyl halides is 2. The van der Waals surface area contributed by atoms with Gasteiger partial charge in [-0.05, 0) is 12.1 Å². The quantitative estimate of drug-likeness (QED) is 0.0533. The number of thiazole rings is 1. The summed E-state index contributed by atoms with van der Waals surface area (Å²) in [7, 11) is 3.06. The van der Waals surface area contributed by atoms with E-state index in [0.717, 1.165) is 11.3 Å². The number of hydrogen-bond acceptors (Lipinski definition) is 10. The van der Waals surface area contributed by atoms with Crippen LogP contribution in [0.15, 0.2) is 47.8 Å². The number of nitrogens with two attached hydrogens (primary N) is 1. The summed E-state index contributed by atoms with van der Waals surface area (Å²) in [4.78, 5) is 56.6. The van der Waals surface area contributed by atoms with Crippen molar-refractivity contribution in [2.75, 3.05) is 47.0 Å². The molecule has 1 aromatic carbocycles. The van der Waals surface area contributed by atoms with E-state index in [0.29, 0.717) is 18.7 Å². The third-order valence-electron chi connectivity index (χ3n) is 6.48. The molecule has 3 aromatic heterocycles. The van der Waals surface area contributed by atoms with Crippen LogP contribution in [0.4, 0.5) is 16.8 Å². The highest BCUT2D eigenvalue weighted by atomic mass is 35.5. The number of hydrogen-bond donors (Lipinski definition) is 5. The Morgan fingerprint density at radius 1 is 0.915 bits per heavy atom. The first-order chi connectivity index (χ1) is 22.5. The molecule has 0 aliphatic heterocycles. The average molecular weight is 704 g/mol. The van der Waals surface area contributed by atoms with Crippen LogP contribution in [0.2, 0.25) is 0 Å². The fraction of sp³-hybridized carbons (Fsp3) is 0.286. The minimum Gasteiger partial charge on any atom is -0.388 e.